The van der Waals surface area contributed by atoms with E-state index in [1.54, 1.807) is 0 Å². The van der Waals surface area contributed by atoms with Crippen molar-refractivity contribution in [3.63, 3.8) is 0 Å². The van der Waals surface area contributed by atoms with Gasteiger partial charge in [-0.05, 0) is 42.5 Å². The molecule has 4 heteroatoms. The van der Waals surface area contributed by atoms with Crippen LogP contribution in [-0.4, -0.2) is 14.1 Å². The monoisotopic (exact) mass is 641 g/mol. The van der Waals surface area contributed by atoms with E-state index in [-0.39, 0.29) is 0 Å². The smallest absolute Gasteiger partial charge is 0.0902 e. The standard InChI is InChI=1S/C45H27N3S/c1-2-12-29(13-3-1)47-38-19-9-6-14-31(38)34-26-27-35-32-15-7-10-20-39(32)48(44(35)43(34)47)30-24-22-28(23-25-30)41-33-16-4-5-17-36(33)45-42(46-41)37-18-8-11-21-40(37)49-45/h1-27H. The fourth-order valence-corrected chi connectivity index (χ4v) is 9.17. The highest BCUT2D eigenvalue weighted by atomic mass is 32.1. The topological polar surface area (TPSA) is 22.8 Å². The molecule has 49 heavy (non-hydrogen) atoms. The molecule has 0 amide bonds. The zero-order chi connectivity index (χ0) is 32.1. The van der Waals surface area contributed by atoms with E-state index in [1.807, 2.05) is 11.3 Å². The van der Waals surface area contributed by atoms with Crippen LogP contribution in [0.3, 0.4) is 0 Å². The van der Waals surface area contributed by atoms with Crippen LogP contribution in [0.5, 0.6) is 0 Å². The molecule has 4 heterocycles. The van der Waals surface area contributed by atoms with Gasteiger partial charge in [0.1, 0.15) is 0 Å². The average molecular weight is 642 g/mol. The summed E-state index contributed by atoms with van der Waals surface area (Å²) in [6.45, 7) is 0. The van der Waals surface area contributed by atoms with Crippen molar-refractivity contribution in [1.29, 1.82) is 0 Å². The molecule has 11 rings (SSSR count). The molecule has 0 radical (unpaired) electrons. The van der Waals surface area contributed by atoms with E-state index >= 15 is 0 Å². The van der Waals surface area contributed by atoms with Crippen LogP contribution < -0.4 is 0 Å². The van der Waals surface area contributed by atoms with Gasteiger partial charge < -0.3 is 9.13 Å². The van der Waals surface area contributed by atoms with Gasteiger partial charge >= 0.3 is 0 Å². The van der Waals surface area contributed by atoms with E-state index in [0.29, 0.717) is 0 Å². The minimum absolute atomic E-state index is 1.02. The van der Waals surface area contributed by atoms with Crippen LogP contribution in [0.25, 0.3) is 97.3 Å². The highest BCUT2D eigenvalue weighted by Gasteiger charge is 2.21. The zero-order valence-corrected chi connectivity index (χ0v) is 27.2. The quantitative estimate of drug-likeness (QED) is 0.188. The number of rotatable bonds is 3. The van der Waals surface area contributed by atoms with Gasteiger partial charge in [0.05, 0.1) is 38.0 Å². The first kappa shape index (κ1) is 26.8. The second kappa shape index (κ2) is 10.1. The zero-order valence-electron chi connectivity index (χ0n) is 26.3. The SMILES string of the molecule is c1ccc(-n2c3ccccc3c3ccc4c5ccccc5n(-c5ccc(-c6nc7c8ccccc8sc7c7ccccc67)cc5)c4c32)cc1. The number of pyridine rings is 1. The van der Waals surface area contributed by atoms with Crippen LogP contribution in [0.2, 0.25) is 0 Å². The summed E-state index contributed by atoms with van der Waals surface area (Å²) in [6, 6.07) is 59.3. The lowest BCUT2D eigenvalue weighted by molar-refractivity contribution is 1.15. The third-order valence-corrected chi connectivity index (χ3v) is 11.3. The van der Waals surface area contributed by atoms with Gasteiger partial charge in [0.15, 0.2) is 0 Å². The lowest BCUT2D eigenvalue weighted by atomic mass is 10.0. The van der Waals surface area contributed by atoms with Crippen LogP contribution in [0, 0.1) is 0 Å². The Balaban J connectivity index is 1.20. The molecule has 0 spiro atoms. The van der Waals surface area contributed by atoms with Gasteiger partial charge in [-0.15, -0.1) is 11.3 Å². The summed E-state index contributed by atoms with van der Waals surface area (Å²) >= 11 is 1.83. The van der Waals surface area contributed by atoms with Gasteiger partial charge in [-0.1, -0.05) is 121 Å². The number of hydrogen-bond acceptors (Lipinski definition) is 2. The van der Waals surface area contributed by atoms with Gasteiger partial charge in [-0.25, -0.2) is 4.98 Å². The number of aromatic nitrogens is 3. The van der Waals surface area contributed by atoms with Gasteiger partial charge in [0.2, 0.25) is 0 Å². The van der Waals surface area contributed by atoms with E-state index in [9.17, 15) is 0 Å². The molecular formula is C45H27N3S. The number of benzene rings is 7. The van der Waals surface area contributed by atoms with E-state index in [1.165, 1.54) is 69.2 Å². The molecule has 228 valence electrons. The minimum atomic E-state index is 1.02. The minimum Gasteiger partial charge on any atom is -0.307 e. The highest BCUT2D eigenvalue weighted by Crippen LogP contribution is 2.43. The van der Waals surface area contributed by atoms with Crippen molar-refractivity contribution in [2.75, 3.05) is 0 Å². The van der Waals surface area contributed by atoms with Crippen molar-refractivity contribution in [2.24, 2.45) is 0 Å². The Morgan fingerprint density at radius 3 is 1.55 bits per heavy atom. The third kappa shape index (κ3) is 3.75. The lowest BCUT2D eigenvalue weighted by Crippen LogP contribution is -1.98. The van der Waals surface area contributed by atoms with Crippen molar-refractivity contribution in [2.45, 2.75) is 0 Å². The van der Waals surface area contributed by atoms with Crippen LogP contribution in [-0.2, 0) is 0 Å². The molecule has 3 nitrogen and oxygen atoms in total. The fourth-order valence-electron chi connectivity index (χ4n) is 7.99. The van der Waals surface area contributed by atoms with Gasteiger partial charge in [-0.3, -0.25) is 0 Å². The molecule has 0 N–H and O–H groups in total. The van der Waals surface area contributed by atoms with Gasteiger partial charge in [-0.2, -0.15) is 0 Å². The molecule has 0 saturated carbocycles. The molecular weight excluding hydrogens is 615 g/mol. The van der Waals surface area contributed by atoms with Crippen molar-refractivity contribution < 1.29 is 0 Å². The lowest BCUT2D eigenvalue weighted by Gasteiger charge is -2.13. The maximum absolute atomic E-state index is 5.36. The molecule has 4 aromatic heterocycles. The summed E-state index contributed by atoms with van der Waals surface area (Å²) in [4.78, 5) is 5.36. The predicted molar refractivity (Wildman–Crippen MR) is 209 cm³/mol. The van der Waals surface area contributed by atoms with Gasteiger partial charge in [0, 0.05) is 59.3 Å². The number of hydrogen-bond donors (Lipinski definition) is 0. The Labute approximate surface area is 285 Å². The van der Waals surface area contributed by atoms with E-state index in [0.717, 1.165) is 28.1 Å². The largest absolute Gasteiger partial charge is 0.307 e. The molecule has 0 aliphatic rings. The Morgan fingerprint density at radius 1 is 0.388 bits per heavy atom. The van der Waals surface area contributed by atoms with Crippen LogP contribution in [0.1, 0.15) is 0 Å². The number of nitrogens with zero attached hydrogens (tertiary/aromatic N) is 3. The Bertz CT molecular complexity index is 3090. The summed E-state index contributed by atoms with van der Waals surface area (Å²) in [6.07, 6.45) is 0. The van der Waals surface area contributed by atoms with Gasteiger partial charge in [0.25, 0.3) is 0 Å². The van der Waals surface area contributed by atoms with E-state index in [2.05, 4.69) is 173 Å². The molecule has 7 aromatic carbocycles. The average Bonchev–Trinajstić information content (AvgIpc) is 3.83. The Hall–Kier alpha value is -6.23. The van der Waals surface area contributed by atoms with Crippen LogP contribution in [0.4, 0.5) is 0 Å². The summed E-state index contributed by atoms with van der Waals surface area (Å²) in [5, 5.41) is 8.65. The Morgan fingerprint density at radius 2 is 0.898 bits per heavy atom. The summed E-state index contributed by atoms with van der Waals surface area (Å²) in [5.41, 5.74) is 10.3. The number of fused-ring (bicyclic) bond motifs is 12. The summed E-state index contributed by atoms with van der Waals surface area (Å²) in [5.74, 6) is 0. The van der Waals surface area contributed by atoms with E-state index in [4.69, 9.17) is 4.98 Å². The van der Waals surface area contributed by atoms with Crippen molar-refractivity contribution in [3.05, 3.63) is 164 Å². The number of thiophene rings is 1. The maximum atomic E-state index is 5.36. The van der Waals surface area contributed by atoms with Crippen molar-refractivity contribution in [1.82, 2.24) is 14.1 Å². The molecule has 11 aromatic rings. The van der Waals surface area contributed by atoms with E-state index < -0.39 is 0 Å². The molecule has 0 fully saturated rings. The molecule has 0 atom stereocenters. The van der Waals surface area contributed by atoms with Crippen molar-refractivity contribution >= 4 is 86.0 Å². The fraction of sp³-hybridized carbons (Fsp3) is 0. The second-order valence-electron chi connectivity index (χ2n) is 12.7. The molecule has 0 unspecified atom stereocenters. The normalized spacial score (nSPS) is 12.1. The third-order valence-electron chi connectivity index (χ3n) is 10.1. The molecule has 0 bridgehead atoms. The van der Waals surface area contributed by atoms with Crippen molar-refractivity contribution in [3.8, 4) is 22.6 Å². The van der Waals surface area contributed by atoms with Crippen LogP contribution in [0.15, 0.2) is 164 Å². The Kier molecular flexibility index (Phi) is 5.54. The predicted octanol–water partition coefficient (Wildman–Crippen LogP) is 12.5. The first-order valence-electron chi connectivity index (χ1n) is 16.6. The van der Waals surface area contributed by atoms with Crippen LogP contribution >= 0.6 is 11.3 Å². The summed E-state index contributed by atoms with van der Waals surface area (Å²) in [7, 11) is 0. The number of para-hydroxylation sites is 3. The highest BCUT2D eigenvalue weighted by molar-refractivity contribution is 7.26. The molecule has 0 saturated heterocycles. The second-order valence-corrected chi connectivity index (χ2v) is 13.8. The first-order valence-corrected chi connectivity index (χ1v) is 17.5. The summed E-state index contributed by atoms with van der Waals surface area (Å²) < 4.78 is 7.41. The molecule has 0 aliphatic heterocycles. The maximum Gasteiger partial charge on any atom is 0.0902 e. The molecule has 0 aliphatic carbocycles. The first-order chi connectivity index (χ1) is 24.3.